The van der Waals surface area contributed by atoms with Crippen LogP contribution in [0.5, 0.6) is 0 Å². The van der Waals surface area contributed by atoms with Gasteiger partial charge < -0.3 is 4.42 Å². The molecule has 14 aromatic rings. The van der Waals surface area contributed by atoms with Gasteiger partial charge in [-0.2, -0.15) is 9.97 Å². The van der Waals surface area contributed by atoms with E-state index in [0.29, 0.717) is 17.6 Å². The zero-order valence-electron chi connectivity index (χ0n) is 34.3. The fourth-order valence-electron chi connectivity index (χ4n) is 10.3. The lowest BCUT2D eigenvalue weighted by Crippen LogP contribution is -2.07. The summed E-state index contributed by atoms with van der Waals surface area (Å²) in [7, 11) is 0. The quantitative estimate of drug-likeness (QED) is 0.166. The Bertz CT molecular complexity index is 4180. The normalized spacial score (nSPS) is 12.1. The number of benzene rings is 11. The average molecular weight is 815 g/mol. The molecule has 0 radical (unpaired) electrons. The largest absolute Gasteiger partial charge is 0.455 e. The predicted molar refractivity (Wildman–Crippen MR) is 265 cm³/mol. The van der Waals surface area contributed by atoms with Crippen LogP contribution in [0.1, 0.15) is 0 Å². The Kier molecular flexibility index (Phi) is 7.33. The van der Waals surface area contributed by atoms with E-state index in [0.717, 1.165) is 104 Å². The maximum atomic E-state index is 6.93. The van der Waals surface area contributed by atoms with Gasteiger partial charge >= 0.3 is 0 Å². The molecule has 0 amide bonds. The number of hydrogen-bond acceptors (Lipinski definition) is 4. The van der Waals surface area contributed by atoms with Crippen molar-refractivity contribution in [2.75, 3.05) is 0 Å². The number of aromatic nitrogens is 4. The smallest absolute Gasteiger partial charge is 0.238 e. The molecule has 0 spiro atoms. The number of para-hydroxylation sites is 2. The molecule has 3 heterocycles. The van der Waals surface area contributed by atoms with Crippen molar-refractivity contribution in [3.8, 4) is 39.9 Å². The van der Waals surface area contributed by atoms with E-state index in [-0.39, 0.29) is 0 Å². The third-order valence-electron chi connectivity index (χ3n) is 13.2. The molecular weight excluding hydrogens is 781 g/mol. The van der Waals surface area contributed by atoms with Gasteiger partial charge in [-0.25, -0.2) is 4.98 Å². The summed E-state index contributed by atoms with van der Waals surface area (Å²) in [5.74, 6) is 1.73. The topological polar surface area (TPSA) is 56.7 Å². The zero-order valence-corrected chi connectivity index (χ0v) is 34.3. The van der Waals surface area contributed by atoms with Crippen molar-refractivity contribution < 1.29 is 4.42 Å². The summed E-state index contributed by atoms with van der Waals surface area (Å²) in [4.78, 5) is 16.4. The molecule has 0 atom stereocenters. The highest BCUT2D eigenvalue weighted by Gasteiger charge is 2.26. The second-order valence-electron chi connectivity index (χ2n) is 16.7. The molecule has 0 bridgehead atoms. The first-order valence-corrected chi connectivity index (χ1v) is 21.7. The fourth-order valence-corrected chi connectivity index (χ4v) is 10.3. The molecule has 296 valence electrons. The molecule has 0 unspecified atom stereocenters. The Morgan fingerprint density at radius 1 is 0.344 bits per heavy atom. The SMILES string of the molecule is c1ccc2cc(-c3nc(-c4ccc5ccccc5c4)nc(-n4c5c(-c6c7ccccc7cc7c6oc6ccccc67)cccc5c5c6ccccc6c6ccccc6c54)n3)ccc2c1. The molecule has 0 fully saturated rings. The minimum atomic E-state index is 0.537. The van der Waals surface area contributed by atoms with Crippen LogP contribution in [-0.4, -0.2) is 19.5 Å². The Morgan fingerprint density at radius 2 is 0.875 bits per heavy atom. The van der Waals surface area contributed by atoms with E-state index in [1.54, 1.807) is 0 Å². The lowest BCUT2D eigenvalue weighted by Gasteiger charge is -2.15. The van der Waals surface area contributed by atoms with Gasteiger partial charge in [-0.3, -0.25) is 4.57 Å². The first-order chi connectivity index (χ1) is 31.7. The molecule has 14 rings (SSSR count). The summed E-state index contributed by atoms with van der Waals surface area (Å²) in [5.41, 5.74) is 7.64. The van der Waals surface area contributed by atoms with Crippen molar-refractivity contribution in [1.29, 1.82) is 0 Å². The lowest BCUT2D eigenvalue weighted by molar-refractivity contribution is 0.670. The van der Waals surface area contributed by atoms with E-state index >= 15 is 0 Å². The van der Waals surface area contributed by atoms with Crippen molar-refractivity contribution in [2.24, 2.45) is 0 Å². The van der Waals surface area contributed by atoms with E-state index in [1.165, 1.54) is 16.2 Å². The van der Waals surface area contributed by atoms with Crippen LogP contribution < -0.4 is 0 Å². The highest BCUT2D eigenvalue weighted by atomic mass is 16.3. The molecule has 0 saturated carbocycles. The van der Waals surface area contributed by atoms with Gasteiger partial charge in [0.15, 0.2) is 11.6 Å². The van der Waals surface area contributed by atoms with E-state index in [2.05, 4.69) is 205 Å². The van der Waals surface area contributed by atoms with Gasteiger partial charge in [-0.15, -0.1) is 0 Å². The third-order valence-corrected chi connectivity index (χ3v) is 13.2. The number of hydrogen-bond donors (Lipinski definition) is 0. The lowest BCUT2D eigenvalue weighted by atomic mass is 9.93. The highest BCUT2D eigenvalue weighted by molar-refractivity contribution is 6.34. The molecule has 64 heavy (non-hydrogen) atoms. The summed E-state index contributed by atoms with van der Waals surface area (Å²) < 4.78 is 9.25. The first-order valence-electron chi connectivity index (χ1n) is 21.7. The molecular formula is C59H34N4O. The van der Waals surface area contributed by atoms with Gasteiger partial charge in [-0.1, -0.05) is 182 Å². The van der Waals surface area contributed by atoms with E-state index < -0.39 is 0 Å². The number of furan rings is 1. The van der Waals surface area contributed by atoms with Crippen LogP contribution >= 0.6 is 0 Å². The van der Waals surface area contributed by atoms with Crippen LogP contribution in [0.4, 0.5) is 0 Å². The Morgan fingerprint density at radius 3 is 1.56 bits per heavy atom. The number of rotatable bonds is 4. The predicted octanol–water partition coefficient (Wildman–Crippen LogP) is 15.6. The van der Waals surface area contributed by atoms with Gasteiger partial charge in [0.05, 0.1) is 11.0 Å². The molecule has 0 saturated heterocycles. The first kappa shape index (κ1) is 35.0. The molecule has 0 aliphatic rings. The standard InChI is InChI=1S/C59H34N4O/c1-3-16-37-32-40(30-28-35(37)14-1)57-60-58(41-31-29-36-15-2-4-17-38(36)33-41)62-59(61-57)63-54-48(52-46-23-9-7-20-43(46)44-21-8-10-24-47(44)55(52)63)25-13-26-49(54)53-42-19-6-5-18-39(42)34-50-45-22-11-12-27-51(45)64-56(50)53/h1-34H. The minimum absolute atomic E-state index is 0.537. The van der Waals surface area contributed by atoms with Crippen molar-refractivity contribution in [3.05, 3.63) is 206 Å². The van der Waals surface area contributed by atoms with Crippen LogP contribution in [0, 0.1) is 0 Å². The van der Waals surface area contributed by atoms with E-state index in [4.69, 9.17) is 19.4 Å². The van der Waals surface area contributed by atoms with Gasteiger partial charge in [0, 0.05) is 49.2 Å². The molecule has 0 N–H and O–H groups in total. The van der Waals surface area contributed by atoms with Crippen molar-refractivity contribution in [1.82, 2.24) is 19.5 Å². The second-order valence-corrected chi connectivity index (χ2v) is 16.7. The summed E-state index contributed by atoms with van der Waals surface area (Å²) in [6, 6.07) is 73.3. The molecule has 5 nitrogen and oxygen atoms in total. The second kappa shape index (κ2) is 13.4. The van der Waals surface area contributed by atoms with Crippen LogP contribution in [0.3, 0.4) is 0 Å². The minimum Gasteiger partial charge on any atom is -0.455 e. The molecule has 0 aliphatic carbocycles. The van der Waals surface area contributed by atoms with Crippen LogP contribution in [-0.2, 0) is 0 Å². The number of nitrogens with zero attached hydrogens (tertiary/aromatic N) is 4. The van der Waals surface area contributed by atoms with Crippen LogP contribution in [0.25, 0.3) is 137 Å². The van der Waals surface area contributed by atoms with Gasteiger partial charge in [-0.05, 0) is 72.7 Å². The molecule has 0 aliphatic heterocycles. The van der Waals surface area contributed by atoms with Gasteiger partial charge in [0.1, 0.15) is 11.2 Å². The van der Waals surface area contributed by atoms with E-state index in [1.807, 2.05) is 6.07 Å². The zero-order chi connectivity index (χ0) is 41.9. The maximum absolute atomic E-state index is 6.93. The third kappa shape index (κ3) is 5.09. The molecule has 3 aromatic heterocycles. The van der Waals surface area contributed by atoms with Crippen molar-refractivity contribution in [2.45, 2.75) is 0 Å². The molecule has 11 aromatic carbocycles. The summed E-state index contributed by atoms with van der Waals surface area (Å²) in [6.45, 7) is 0. The highest BCUT2D eigenvalue weighted by Crippen LogP contribution is 2.48. The Hall–Kier alpha value is -8.67. The Labute approximate surface area is 366 Å². The van der Waals surface area contributed by atoms with Gasteiger partial charge in [0.25, 0.3) is 0 Å². The Balaban J connectivity index is 1.19. The number of fused-ring (bicyclic) bond motifs is 14. The monoisotopic (exact) mass is 814 g/mol. The maximum Gasteiger partial charge on any atom is 0.238 e. The summed E-state index contributed by atoms with van der Waals surface area (Å²) in [5, 5.41) is 15.9. The summed E-state index contributed by atoms with van der Waals surface area (Å²) in [6.07, 6.45) is 0. The van der Waals surface area contributed by atoms with Gasteiger partial charge in [0.2, 0.25) is 5.95 Å². The fraction of sp³-hybridized carbons (Fsp3) is 0. The van der Waals surface area contributed by atoms with Crippen LogP contribution in [0.15, 0.2) is 211 Å². The van der Waals surface area contributed by atoms with Crippen molar-refractivity contribution >= 4 is 97.6 Å². The molecule has 5 heteroatoms. The van der Waals surface area contributed by atoms with E-state index in [9.17, 15) is 0 Å². The summed E-state index contributed by atoms with van der Waals surface area (Å²) >= 11 is 0. The average Bonchev–Trinajstić information content (AvgIpc) is 3.92. The van der Waals surface area contributed by atoms with Crippen LogP contribution in [0.2, 0.25) is 0 Å². The van der Waals surface area contributed by atoms with Crippen molar-refractivity contribution in [3.63, 3.8) is 0 Å².